The summed E-state index contributed by atoms with van der Waals surface area (Å²) in [6.07, 6.45) is -0.861. The average Bonchev–Trinajstić information content (AvgIpc) is 2.55. The van der Waals surface area contributed by atoms with Crippen LogP contribution in [0.15, 0.2) is 54.6 Å². The Hall–Kier alpha value is -2.17. The van der Waals surface area contributed by atoms with E-state index in [0.29, 0.717) is 11.3 Å². The number of para-hydroxylation sites is 1. The van der Waals surface area contributed by atoms with Crippen molar-refractivity contribution in [3.8, 4) is 5.75 Å². The van der Waals surface area contributed by atoms with Crippen molar-refractivity contribution in [3.05, 3.63) is 65.7 Å². The fraction of sp³-hybridized carbons (Fsp3) is 0.235. The fourth-order valence-electron chi connectivity index (χ4n) is 2.70. The molecule has 2 atom stereocenters. The molecule has 0 saturated carbocycles. The van der Waals surface area contributed by atoms with E-state index in [1.165, 1.54) is 14.2 Å². The van der Waals surface area contributed by atoms with E-state index >= 15 is 0 Å². The lowest BCUT2D eigenvalue weighted by Crippen LogP contribution is -2.54. The summed E-state index contributed by atoms with van der Waals surface area (Å²) in [5, 5.41) is 0. The summed E-state index contributed by atoms with van der Waals surface area (Å²) in [5.74, 6) is -0.923. The van der Waals surface area contributed by atoms with Gasteiger partial charge in [-0.3, -0.25) is 4.79 Å². The molecule has 1 heterocycles. The van der Waals surface area contributed by atoms with E-state index in [1.54, 1.807) is 18.2 Å². The van der Waals surface area contributed by atoms with Crippen molar-refractivity contribution in [2.24, 2.45) is 0 Å². The van der Waals surface area contributed by atoms with Crippen molar-refractivity contribution in [3.63, 3.8) is 0 Å². The molecular weight excluding hydrogens is 268 g/mol. The number of carbonyl (C=O) groups is 1. The third-order valence-corrected chi connectivity index (χ3v) is 3.71. The standard InChI is InChI=1S/C17H16O4/c1-19-16-15(18)13-10-6-7-11-14(13)21-17(16,20-2)12-8-4-3-5-9-12/h3-11,16H,1-2H3. The third-order valence-electron chi connectivity index (χ3n) is 3.71. The van der Waals surface area contributed by atoms with Gasteiger partial charge in [-0.05, 0) is 12.1 Å². The van der Waals surface area contributed by atoms with Crippen molar-refractivity contribution in [2.75, 3.05) is 14.2 Å². The maximum Gasteiger partial charge on any atom is 0.271 e. The molecule has 0 N–H and O–H groups in total. The Morgan fingerprint density at radius 2 is 1.67 bits per heavy atom. The molecule has 0 aromatic heterocycles. The Morgan fingerprint density at radius 3 is 2.33 bits per heavy atom. The van der Waals surface area contributed by atoms with E-state index in [-0.39, 0.29) is 5.78 Å². The summed E-state index contributed by atoms with van der Waals surface area (Å²) in [6.45, 7) is 0. The number of benzene rings is 2. The molecular formula is C17H16O4. The molecule has 3 rings (SSSR count). The maximum absolute atomic E-state index is 12.7. The topological polar surface area (TPSA) is 44.8 Å². The largest absolute Gasteiger partial charge is 0.454 e. The van der Waals surface area contributed by atoms with Gasteiger partial charge >= 0.3 is 0 Å². The number of fused-ring (bicyclic) bond motifs is 1. The van der Waals surface area contributed by atoms with E-state index < -0.39 is 11.9 Å². The van der Waals surface area contributed by atoms with Gasteiger partial charge < -0.3 is 14.2 Å². The molecule has 108 valence electrons. The number of ketones is 1. The van der Waals surface area contributed by atoms with E-state index in [9.17, 15) is 4.79 Å². The van der Waals surface area contributed by atoms with Crippen LogP contribution in [0.1, 0.15) is 15.9 Å². The molecule has 0 amide bonds. The number of hydrogen-bond acceptors (Lipinski definition) is 4. The van der Waals surface area contributed by atoms with Crippen LogP contribution < -0.4 is 4.74 Å². The molecule has 21 heavy (non-hydrogen) atoms. The highest BCUT2D eigenvalue weighted by Crippen LogP contribution is 2.41. The summed E-state index contributed by atoms with van der Waals surface area (Å²) in [4.78, 5) is 12.7. The van der Waals surface area contributed by atoms with Crippen LogP contribution in [0.4, 0.5) is 0 Å². The van der Waals surface area contributed by atoms with E-state index in [0.717, 1.165) is 5.56 Å². The zero-order valence-electron chi connectivity index (χ0n) is 11.9. The summed E-state index contributed by atoms with van der Waals surface area (Å²) in [7, 11) is 3.00. The minimum absolute atomic E-state index is 0.148. The zero-order valence-corrected chi connectivity index (χ0v) is 11.9. The molecule has 0 spiro atoms. The van der Waals surface area contributed by atoms with Crippen LogP contribution in [0.3, 0.4) is 0 Å². The Bertz CT molecular complexity index is 653. The molecule has 0 radical (unpaired) electrons. The van der Waals surface area contributed by atoms with Gasteiger partial charge in [-0.25, -0.2) is 0 Å². The molecule has 1 aliphatic heterocycles. The second-order valence-corrected chi connectivity index (χ2v) is 4.82. The number of ether oxygens (including phenoxy) is 3. The van der Waals surface area contributed by atoms with Gasteiger partial charge in [0.05, 0.1) is 5.56 Å². The van der Waals surface area contributed by atoms with Crippen LogP contribution in [-0.4, -0.2) is 26.1 Å². The van der Waals surface area contributed by atoms with Gasteiger partial charge in [0.15, 0.2) is 6.10 Å². The van der Waals surface area contributed by atoms with E-state index in [1.807, 2.05) is 36.4 Å². The lowest BCUT2D eigenvalue weighted by Gasteiger charge is -2.41. The SMILES string of the molecule is COC1C(=O)c2ccccc2OC1(OC)c1ccccc1. The lowest BCUT2D eigenvalue weighted by atomic mass is 9.90. The van der Waals surface area contributed by atoms with Crippen molar-refractivity contribution in [2.45, 2.75) is 11.9 Å². The maximum atomic E-state index is 12.7. The number of carbonyl (C=O) groups excluding carboxylic acids is 1. The second kappa shape index (κ2) is 5.31. The third kappa shape index (κ3) is 2.04. The van der Waals surface area contributed by atoms with Crippen molar-refractivity contribution >= 4 is 5.78 Å². The quantitative estimate of drug-likeness (QED) is 0.869. The van der Waals surface area contributed by atoms with Crippen LogP contribution in [-0.2, 0) is 15.3 Å². The van der Waals surface area contributed by atoms with Gasteiger partial charge in [0.25, 0.3) is 5.79 Å². The molecule has 0 bridgehead atoms. The molecule has 1 aliphatic rings. The highest BCUT2D eigenvalue weighted by atomic mass is 16.7. The molecule has 2 aromatic carbocycles. The number of hydrogen-bond donors (Lipinski definition) is 0. The minimum atomic E-state index is -1.28. The zero-order chi connectivity index (χ0) is 14.9. The smallest absolute Gasteiger partial charge is 0.271 e. The first-order valence-electron chi connectivity index (χ1n) is 6.68. The number of Topliss-reactive ketones (excluding diaryl/α,β-unsaturated/α-hetero) is 1. The van der Waals surface area contributed by atoms with Crippen LogP contribution in [0.25, 0.3) is 0 Å². The van der Waals surface area contributed by atoms with E-state index in [4.69, 9.17) is 14.2 Å². The van der Waals surface area contributed by atoms with Crippen LogP contribution >= 0.6 is 0 Å². The normalized spacial score (nSPS) is 24.3. The van der Waals surface area contributed by atoms with Gasteiger partial charge in [-0.15, -0.1) is 0 Å². The second-order valence-electron chi connectivity index (χ2n) is 4.82. The first-order valence-corrected chi connectivity index (χ1v) is 6.68. The molecule has 2 unspecified atom stereocenters. The van der Waals surface area contributed by atoms with Crippen LogP contribution in [0.2, 0.25) is 0 Å². The van der Waals surface area contributed by atoms with Crippen LogP contribution in [0.5, 0.6) is 5.75 Å². The van der Waals surface area contributed by atoms with Gasteiger partial charge in [0.1, 0.15) is 5.75 Å². The Morgan fingerprint density at radius 1 is 1.00 bits per heavy atom. The average molecular weight is 284 g/mol. The summed E-state index contributed by atoms with van der Waals surface area (Å²) < 4.78 is 17.1. The first-order chi connectivity index (χ1) is 10.2. The molecule has 2 aromatic rings. The summed E-state index contributed by atoms with van der Waals surface area (Å²) >= 11 is 0. The predicted octanol–water partition coefficient (Wildman–Crippen LogP) is 2.78. The Balaban J connectivity index is 2.19. The number of rotatable bonds is 3. The first kappa shape index (κ1) is 13.8. The van der Waals surface area contributed by atoms with Gasteiger partial charge in [-0.1, -0.05) is 42.5 Å². The summed E-state index contributed by atoms with van der Waals surface area (Å²) in [6, 6.07) is 16.5. The lowest BCUT2D eigenvalue weighted by molar-refractivity contribution is -0.230. The highest BCUT2D eigenvalue weighted by molar-refractivity contribution is 6.03. The van der Waals surface area contributed by atoms with Gasteiger partial charge in [0, 0.05) is 19.8 Å². The molecule has 4 nitrogen and oxygen atoms in total. The Kier molecular flexibility index (Phi) is 3.49. The Labute approximate surface area is 123 Å². The van der Waals surface area contributed by atoms with Gasteiger partial charge in [0.2, 0.25) is 5.78 Å². The molecule has 0 aliphatic carbocycles. The van der Waals surface area contributed by atoms with Crippen molar-refractivity contribution in [1.82, 2.24) is 0 Å². The molecule has 0 saturated heterocycles. The molecule has 4 heteroatoms. The van der Waals surface area contributed by atoms with E-state index in [2.05, 4.69) is 0 Å². The fourth-order valence-corrected chi connectivity index (χ4v) is 2.70. The molecule has 0 fully saturated rings. The predicted molar refractivity (Wildman–Crippen MR) is 77.3 cm³/mol. The summed E-state index contributed by atoms with van der Waals surface area (Å²) in [5.41, 5.74) is 1.25. The van der Waals surface area contributed by atoms with Crippen molar-refractivity contribution in [1.29, 1.82) is 0 Å². The highest BCUT2D eigenvalue weighted by Gasteiger charge is 2.52. The van der Waals surface area contributed by atoms with Crippen LogP contribution in [0, 0.1) is 0 Å². The minimum Gasteiger partial charge on any atom is -0.454 e. The van der Waals surface area contributed by atoms with Gasteiger partial charge in [-0.2, -0.15) is 0 Å². The van der Waals surface area contributed by atoms with Crippen molar-refractivity contribution < 1.29 is 19.0 Å². The monoisotopic (exact) mass is 284 g/mol. The number of methoxy groups -OCH3 is 2.